The van der Waals surface area contributed by atoms with Crippen LogP contribution in [0.1, 0.15) is 63.2 Å². The van der Waals surface area contributed by atoms with E-state index in [4.69, 9.17) is 9.47 Å². The summed E-state index contributed by atoms with van der Waals surface area (Å²) in [6.07, 6.45) is -2.67. The summed E-state index contributed by atoms with van der Waals surface area (Å²) in [4.78, 5) is 33.2. The second kappa shape index (κ2) is 16.0. The van der Waals surface area contributed by atoms with Gasteiger partial charge in [-0.2, -0.15) is 21.6 Å². The highest BCUT2D eigenvalue weighted by Gasteiger charge is 2.33. The zero-order chi connectivity index (χ0) is 34.2. The molecule has 0 spiro atoms. The van der Waals surface area contributed by atoms with Crippen LogP contribution in [0.15, 0.2) is 35.7 Å². The third-order valence-corrected chi connectivity index (χ3v) is 9.03. The van der Waals surface area contributed by atoms with E-state index in [1.54, 1.807) is 20.9 Å². The number of amides is 2. The Labute approximate surface area is 267 Å². The van der Waals surface area contributed by atoms with Gasteiger partial charge in [-0.1, -0.05) is 6.92 Å². The van der Waals surface area contributed by atoms with Crippen LogP contribution in [-0.2, 0) is 26.6 Å². The molecule has 1 aromatic heterocycles. The monoisotopic (exact) mass is 675 g/mol. The lowest BCUT2D eigenvalue weighted by Gasteiger charge is -2.36. The number of aliphatic hydroxyl groups is 1. The third kappa shape index (κ3) is 10.6. The number of aliphatic hydroxyl groups excluding tert-OH is 1. The Balaban J connectivity index is 1.95. The topological polar surface area (TPSA) is 143 Å². The predicted octanol–water partition coefficient (Wildman–Crippen LogP) is 3.82. The Hall–Kier alpha value is -3.37. The standard InChI is InChI=1S/C30H44F3N5O7S/c1-20-15-38(21(2)18-39)29(41)24-14-23(35-46(42,43)27-17-36(4)19-34-27)9-10-25(24)45-22(3)8-6-7-13-44-26(20)16-37(5)28(40)11-12-30(31,32)33/h9-10,14,17,19-22,26,35,39H,6-8,11-13,15-16,18H2,1-5H3/t20-,21+,22+,26-/m0/s1. The molecule has 258 valence electrons. The van der Waals surface area contributed by atoms with Gasteiger partial charge >= 0.3 is 6.18 Å². The molecule has 0 fully saturated rings. The average molecular weight is 676 g/mol. The minimum atomic E-state index is -4.46. The number of hydrogen-bond acceptors (Lipinski definition) is 8. The van der Waals surface area contributed by atoms with Crippen LogP contribution in [0.5, 0.6) is 5.75 Å². The van der Waals surface area contributed by atoms with Gasteiger partial charge in [0.25, 0.3) is 15.9 Å². The number of fused-ring (bicyclic) bond motifs is 1. The first-order valence-electron chi connectivity index (χ1n) is 15.2. The van der Waals surface area contributed by atoms with Crippen molar-refractivity contribution >= 4 is 27.5 Å². The number of halogens is 3. The van der Waals surface area contributed by atoms with Gasteiger partial charge in [0.15, 0.2) is 5.03 Å². The molecule has 0 unspecified atom stereocenters. The number of nitrogens with zero attached hydrogens (tertiary/aromatic N) is 4. The summed E-state index contributed by atoms with van der Waals surface area (Å²) in [6.45, 7) is 5.28. The number of carbonyl (C=O) groups excluding carboxylic acids is 2. The maximum atomic E-state index is 14.2. The van der Waals surface area contributed by atoms with Crippen molar-refractivity contribution in [3.8, 4) is 5.75 Å². The van der Waals surface area contributed by atoms with Crippen molar-refractivity contribution in [2.24, 2.45) is 13.0 Å². The Morgan fingerprint density at radius 1 is 1.26 bits per heavy atom. The zero-order valence-electron chi connectivity index (χ0n) is 26.8. The number of rotatable bonds is 9. The Morgan fingerprint density at radius 3 is 2.61 bits per heavy atom. The highest BCUT2D eigenvalue weighted by atomic mass is 32.2. The van der Waals surface area contributed by atoms with Gasteiger partial charge in [0.05, 0.1) is 43.2 Å². The Morgan fingerprint density at radius 2 is 1.98 bits per heavy atom. The first-order valence-corrected chi connectivity index (χ1v) is 16.6. The van der Waals surface area contributed by atoms with E-state index in [2.05, 4.69) is 9.71 Å². The molecule has 3 rings (SSSR count). The van der Waals surface area contributed by atoms with Gasteiger partial charge in [-0.15, -0.1) is 0 Å². The number of likely N-dealkylation sites (N-methyl/N-ethyl adjacent to an activating group) is 1. The number of alkyl halides is 3. The number of anilines is 1. The van der Waals surface area contributed by atoms with Crippen LogP contribution in [-0.4, -0.2) is 102 Å². The van der Waals surface area contributed by atoms with Crippen LogP contribution < -0.4 is 9.46 Å². The number of imidazole rings is 1. The van der Waals surface area contributed by atoms with E-state index in [-0.39, 0.29) is 41.2 Å². The Bertz CT molecular complexity index is 1440. The first-order chi connectivity index (χ1) is 21.5. The quantitative estimate of drug-likeness (QED) is 0.409. The van der Waals surface area contributed by atoms with Crippen molar-refractivity contribution in [1.29, 1.82) is 0 Å². The molecule has 4 atom stereocenters. The predicted molar refractivity (Wildman–Crippen MR) is 164 cm³/mol. The summed E-state index contributed by atoms with van der Waals surface area (Å²) in [5, 5.41) is 9.89. The van der Waals surface area contributed by atoms with E-state index >= 15 is 0 Å². The van der Waals surface area contributed by atoms with Crippen molar-refractivity contribution in [3.05, 3.63) is 36.3 Å². The first kappa shape index (κ1) is 37.1. The molecule has 1 aliphatic rings. The number of hydrogen-bond donors (Lipinski definition) is 2. The lowest BCUT2D eigenvalue weighted by atomic mass is 10.0. The maximum absolute atomic E-state index is 14.2. The molecule has 12 nitrogen and oxygen atoms in total. The van der Waals surface area contributed by atoms with Crippen LogP contribution >= 0.6 is 0 Å². The highest BCUT2D eigenvalue weighted by Crippen LogP contribution is 2.29. The third-order valence-electron chi connectivity index (χ3n) is 7.76. The minimum Gasteiger partial charge on any atom is -0.490 e. The van der Waals surface area contributed by atoms with E-state index in [0.717, 1.165) is 0 Å². The molecule has 2 aromatic rings. The van der Waals surface area contributed by atoms with E-state index < -0.39 is 65.5 Å². The van der Waals surface area contributed by atoms with Gasteiger partial charge in [-0.3, -0.25) is 14.3 Å². The van der Waals surface area contributed by atoms with Crippen LogP contribution in [0.4, 0.5) is 18.9 Å². The normalized spacial score (nSPS) is 21.1. The summed E-state index contributed by atoms with van der Waals surface area (Å²) in [5.41, 5.74) is 0.162. The van der Waals surface area contributed by atoms with E-state index in [1.165, 1.54) is 52.1 Å². The number of ether oxygens (including phenoxy) is 2. The number of benzene rings is 1. The van der Waals surface area contributed by atoms with Crippen molar-refractivity contribution in [2.45, 2.75) is 82.3 Å². The molecule has 0 bridgehead atoms. The summed E-state index contributed by atoms with van der Waals surface area (Å²) in [7, 11) is -1.03. The lowest BCUT2D eigenvalue weighted by Crippen LogP contribution is -2.48. The molecule has 46 heavy (non-hydrogen) atoms. The molecule has 0 saturated carbocycles. The number of aryl methyl sites for hydroxylation is 1. The molecule has 2 amide bonds. The van der Waals surface area contributed by atoms with Gasteiger partial charge in [0.2, 0.25) is 5.91 Å². The Kier molecular flexibility index (Phi) is 12.9. The maximum Gasteiger partial charge on any atom is 0.389 e. The molecular formula is C30H44F3N5O7S. The number of aromatic nitrogens is 2. The summed E-state index contributed by atoms with van der Waals surface area (Å²) < 4.78 is 80.4. The fourth-order valence-corrected chi connectivity index (χ4v) is 6.03. The molecule has 1 aromatic carbocycles. The molecule has 0 aliphatic carbocycles. The van der Waals surface area contributed by atoms with Crippen molar-refractivity contribution in [3.63, 3.8) is 0 Å². The van der Waals surface area contributed by atoms with Crippen molar-refractivity contribution in [1.82, 2.24) is 19.4 Å². The molecule has 0 radical (unpaired) electrons. The number of sulfonamides is 1. The minimum absolute atomic E-state index is 0.00292. The van der Waals surface area contributed by atoms with Gasteiger partial charge in [-0.25, -0.2) is 4.98 Å². The van der Waals surface area contributed by atoms with E-state index in [0.29, 0.717) is 25.9 Å². The van der Waals surface area contributed by atoms with Gasteiger partial charge in [-0.05, 0) is 51.3 Å². The molecular weight excluding hydrogens is 631 g/mol. The van der Waals surface area contributed by atoms with Crippen LogP contribution in [0.2, 0.25) is 0 Å². The SMILES string of the molecule is C[C@@H]1CCCCO[C@@H](CN(C)C(=O)CCC(F)(F)F)[C@@H](C)CN([C@H](C)CO)C(=O)c2cc(NS(=O)(=O)c3cn(C)cn3)ccc2O1. The second-order valence-electron chi connectivity index (χ2n) is 11.9. The van der Waals surface area contributed by atoms with Gasteiger partial charge < -0.3 is 28.9 Å². The van der Waals surface area contributed by atoms with Gasteiger partial charge in [0.1, 0.15) is 5.75 Å². The average Bonchev–Trinajstić information content (AvgIpc) is 3.44. The zero-order valence-corrected chi connectivity index (χ0v) is 27.6. The molecule has 16 heteroatoms. The van der Waals surface area contributed by atoms with Crippen LogP contribution in [0.3, 0.4) is 0 Å². The largest absolute Gasteiger partial charge is 0.490 e. The molecule has 1 aliphatic heterocycles. The number of nitrogens with one attached hydrogen (secondary N) is 1. The molecule has 2 N–H and O–H groups in total. The fourth-order valence-electron chi connectivity index (χ4n) is 4.99. The fraction of sp³-hybridized carbons (Fsp3) is 0.633. The van der Waals surface area contributed by atoms with E-state index in [9.17, 15) is 36.3 Å². The van der Waals surface area contributed by atoms with Crippen molar-refractivity contribution in [2.75, 3.05) is 38.1 Å². The van der Waals surface area contributed by atoms with E-state index in [1.807, 2.05) is 6.92 Å². The van der Waals surface area contributed by atoms with Crippen LogP contribution in [0, 0.1) is 5.92 Å². The van der Waals surface area contributed by atoms with Gasteiger partial charge in [0, 0.05) is 58.0 Å². The smallest absolute Gasteiger partial charge is 0.389 e. The van der Waals surface area contributed by atoms with Crippen LogP contribution in [0.25, 0.3) is 0 Å². The summed E-state index contributed by atoms with van der Waals surface area (Å²) in [5.74, 6) is -1.40. The molecule has 2 heterocycles. The van der Waals surface area contributed by atoms with Crippen molar-refractivity contribution < 1.29 is 45.8 Å². The second-order valence-corrected chi connectivity index (χ2v) is 13.5. The molecule has 0 saturated heterocycles. The summed E-state index contributed by atoms with van der Waals surface area (Å²) in [6, 6.07) is 3.69. The lowest BCUT2D eigenvalue weighted by molar-refractivity contribution is -0.149. The summed E-state index contributed by atoms with van der Waals surface area (Å²) >= 11 is 0. The number of carbonyl (C=O) groups is 2. The highest BCUT2D eigenvalue weighted by molar-refractivity contribution is 7.92.